The van der Waals surface area contributed by atoms with E-state index in [0.717, 1.165) is 11.1 Å². The first-order valence-electron chi connectivity index (χ1n) is 11.5. The van der Waals surface area contributed by atoms with Crippen LogP contribution in [0.1, 0.15) is 37.8 Å². The van der Waals surface area contributed by atoms with E-state index in [1.54, 1.807) is 19.9 Å². The van der Waals surface area contributed by atoms with Gasteiger partial charge in [0.25, 0.3) is 0 Å². The van der Waals surface area contributed by atoms with Gasteiger partial charge in [0.1, 0.15) is 5.75 Å². The summed E-state index contributed by atoms with van der Waals surface area (Å²) < 4.78 is 60.1. The molecule has 35 heavy (non-hydrogen) atoms. The van der Waals surface area contributed by atoms with Gasteiger partial charge >= 0.3 is 0 Å². The Morgan fingerprint density at radius 1 is 1.09 bits per heavy atom. The second kappa shape index (κ2) is 11.1. The van der Waals surface area contributed by atoms with E-state index in [1.807, 2.05) is 25.1 Å². The number of carbonyl (C=O) groups excluding carboxylic acids is 1. The third-order valence-corrected chi connectivity index (χ3v) is 9.29. The minimum Gasteiger partial charge on any atom is -0.495 e. The highest BCUT2D eigenvalue weighted by atomic mass is 32.2. The Balaban J connectivity index is 1.66. The summed E-state index contributed by atoms with van der Waals surface area (Å²) in [5.74, 6) is -0.446. The molecule has 0 atom stereocenters. The fraction of sp³-hybridized carbons (Fsp3) is 0.458. The van der Waals surface area contributed by atoms with Crippen LogP contribution in [0.2, 0.25) is 0 Å². The van der Waals surface area contributed by atoms with Crippen LogP contribution in [0, 0.1) is 12.8 Å². The first kappa shape index (κ1) is 27.1. The number of benzene rings is 2. The number of carbonyl (C=O) groups is 1. The monoisotopic (exact) mass is 523 g/mol. The molecule has 0 saturated carbocycles. The lowest BCUT2D eigenvalue weighted by Crippen LogP contribution is -2.41. The summed E-state index contributed by atoms with van der Waals surface area (Å²) in [6.45, 7) is 5.85. The van der Waals surface area contributed by atoms with Gasteiger partial charge in [0, 0.05) is 25.0 Å². The number of anilines is 1. The molecule has 11 heteroatoms. The van der Waals surface area contributed by atoms with Gasteiger partial charge in [-0.3, -0.25) is 4.79 Å². The summed E-state index contributed by atoms with van der Waals surface area (Å²) in [6, 6.07) is 11.4. The number of aryl methyl sites for hydroxylation is 1. The van der Waals surface area contributed by atoms with E-state index in [1.165, 1.54) is 29.6 Å². The molecule has 1 aliphatic rings. The van der Waals surface area contributed by atoms with Crippen LogP contribution in [-0.4, -0.2) is 53.3 Å². The zero-order valence-corrected chi connectivity index (χ0v) is 22.1. The van der Waals surface area contributed by atoms with E-state index >= 15 is 0 Å². The number of ether oxygens (including phenoxy) is 1. The summed E-state index contributed by atoms with van der Waals surface area (Å²) >= 11 is 0. The van der Waals surface area contributed by atoms with Gasteiger partial charge in [-0.05, 0) is 57.4 Å². The van der Waals surface area contributed by atoms with Crippen molar-refractivity contribution in [2.45, 2.75) is 50.3 Å². The molecular weight excluding hydrogens is 490 g/mol. The van der Waals surface area contributed by atoms with E-state index in [4.69, 9.17) is 4.74 Å². The molecule has 0 aromatic heterocycles. The molecule has 2 N–H and O–H groups in total. The van der Waals surface area contributed by atoms with Gasteiger partial charge in [-0.1, -0.05) is 29.8 Å². The van der Waals surface area contributed by atoms with E-state index in [-0.39, 0.29) is 41.4 Å². The van der Waals surface area contributed by atoms with Crippen LogP contribution in [0.15, 0.2) is 47.4 Å². The van der Waals surface area contributed by atoms with Crippen LogP contribution < -0.4 is 14.8 Å². The molecule has 0 spiro atoms. The third kappa shape index (κ3) is 7.03. The molecule has 2 aromatic carbocycles. The predicted molar refractivity (Wildman–Crippen MR) is 135 cm³/mol. The summed E-state index contributed by atoms with van der Waals surface area (Å²) in [5, 5.41) is 2.77. The smallest absolute Gasteiger partial charge is 0.240 e. The molecule has 3 rings (SSSR count). The maximum Gasteiger partial charge on any atom is 0.240 e. The fourth-order valence-corrected chi connectivity index (χ4v) is 6.89. The minimum atomic E-state index is -3.75. The van der Waals surface area contributed by atoms with Gasteiger partial charge in [0.05, 0.1) is 23.4 Å². The van der Waals surface area contributed by atoms with Crippen molar-refractivity contribution in [3.05, 3.63) is 53.6 Å². The summed E-state index contributed by atoms with van der Waals surface area (Å²) in [5.41, 5.74) is 1.98. The Bertz CT molecular complexity index is 1270. The maximum atomic E-state index is 13.0. The molecule has 1 heterocycles. The van der Waals surface area contributed by atoms with Crippen LogP contribution in [0.25, 0.3) is 0 Å². The standard InChI is InChI=1S/C24H33N3O6S2/c1-17(2)26-35(31,32)21-8-9-23(33-4)22(15-21)25-24(28)20-10-12-27(13-11-20)34(29,30)16-19-7-5-6-18(3)14-19/h5-9,14-15,17,20,26H,10-13,16H2,1-4H3,(H,25,28). The van der Waals surface area contributed by atoms with Crippen LogP contribution >= 0.6 is 0 Å². The second-order valence-electron chi connectivity index (χ2n) is 9.05. The number of piperidine rings is 1. The van der Waals surface area contributed by atoms with Gasteiger partial charge in [0.15, 0.2) is 0 Å². The van der Waals surface area contributed by atoms with Crippen LogP contribution in [-0.2, 0) is 30.6 Å². The predicted octanol–water partition coefficient (Wildman–Crippen LogP) is 2.87. The topological polar surface area (TPSA) is 122 Å². The quantitative estimate of drug-likeness (QED) is 0.521. The number of rotatable bonds is 9. The van der Waals surface area contributed by atoms with Crippen molar-refractivity contribution in [2.75, 3.05) is 25.5 Å². The Kier molecular flexibility index (Phi) is 8.58. The molecule has 1 aliphatic heterocycles. The zero-order valence-electron chi connectivity index (χ0n) is 20.4. The van der Waals surface area contributed by atoms with Gasteiger partial charge < -0.3 is 10.1 Å². The van der Waals surface area contributed by atoms with Gasteiger partial charge in [-0.2, -0.15) is 0 Å². The van der Waals surface area contributed by atoms with Crippen molar-refractivity contribution in [2.24, 2.45) is 5.92 Å². The van der Waals surface area contributed by atoms with Crippen molar-refractivity contribution < 1.29 is 26.4 Å². The lowest BCUT2D eigenvalue weighted by atomic mass is 9.97. The minimum absolute atomic E-state index is 0.0133. The van der Waals surface area contributed by atoms with Gasteiger partial charge in [-0.25, -0.2) is 25.9 Å². The summed E-state index contributed by atoms with van der Waals surface area (Å²) in [6.07, 6.45) is 0.738. The molecule has 192 valence electrons. The van der Waals surface area contributed by atoms with Crippen molar-refractivity contribution in [1.29, 1.82) is 0 Å². The summed E-state index contributed by atoms with van der Waals surface area (Å²) in [4.78, 5) is 13.0. The number of hydrogen-bond acceptors (Lipinski definition) is 6. The molecule has 2 aromatic rings. The van der Waals surface area contributed by atoms with Crippen molar-refractivity contribution >= 4 is 31.6 Å². The molecule has 9 nitrogen and oxygen atoms in total. The van der Waals surface area contributed by atoms with Crippen LogP contribution in [0.5, 0.6) is 5.75 Å². The van der Waals surface area contributed by atoms with Crippen molar-refractivity contribution in [3.63, 3.8) is 0 Å². The number of nitrogens with one attached hydrogen (secondary N) is 2. The number of methoxy groups -OCH3 is 1. The molecule has 0 bridgehead atoms. The highest BCUT2D eigenvalue weighted by Gasteiger charge is 2.31. The maximum absolute atomic E-state index is 13.0. The van der Waals surface area contributed by atoms with E-state index in [2.05, 4.69) is 10.0 Å². The highest BCUT2D eigenvalue weighted by Crippen LogP contribution is 2.30. The highest BCUT2D eigenvalue weighted by molar-refractivity contribution is 7.89. The lowest BCUT2D eigenvalue weighted by molar-refractivity contribution is -0.120. The molecular formula is C24H33N3O6S2. The normalized spacial score (nSPS) is 15.8. The number of amides is 1. The van der Waals surface area contributed by atoms with Gasteiger partial charge in [-0.15, -0.1) is 0 Å². The SMILES string of the molecule is COc1ccc(S(=O)(=O)NC(C)C)cc1NC(=O)C1CCN(S(=O)(=O)Cc2cccc(C)c2)CC1. The number of sulfonamides is 2. The van der Waals surface area contributed by atoms with E-state index in [9.17, 15) is 21.6 Å². The van der Waals surface area contributed by atoms with E-state index < -0.39 is 26.0 Å². The molecule has 0 unspecified atom stereocenters. The Morgan fingerprint density at radius 2 is 1.77 bits per heavy atom. The Morgan fingerprint density at radius 3 is 2.37 bits per heavy atom. The first-order valence-corrected chi connectivity index (χ1v) is 14.5. The molecule has 1 saturated heterocycles. The Hall–Kier alpha value is -2.47. The van der Waals surface area contributed by atoms with Crippen molar-refractivity contribution in [1.82, 2.24) is 9.03 Å². The van der Waals surface area contributed by atoms with Crippen molar-refractivity contribution in [3.8, 4) is 5.75 Å². The van der Waals surface area contributed by atoms with E-state index in [0.29, 0.717) is 18.6 Å². The second-order valence-corrected chi connectivity index (χ2v) is 12.7. The number of hydrogen-bond donors (Lipinski definition) is 2. The van der Waals surface area contributed by atoms with Crippen LogP contribution in [0.4, 0.5) is 5.69 Å². The Labute approximate surface area is 208 Å². The average Bonchev–Trinajstić information content (AvgIpc) is 2.78. The molecule has 0 radical (unpaired) electrons. The zero-order chi connectivity index (χ0) is 25.8. The largest absolute Gasteiger partial charge is 0.495 e. The van der Waals surface area contributed by atoms with Gasteiger partial charge in [0.2, 0.25) is 26.0 Å². The average molecular weight is 524 g/mol. The number of nitrogens with zero attached hydrogens (tertiary/aromatic N) is 1. The molecule has 1 fully saturated rings. The fourth-order valence-electron chi connectivity index (χ4n) is 4.07. The van der Waals surface area contributed by atoms with Crippen LogP contribution in [0.3, 0.4) is 0 Å². The first-order chi connectivity index (χ1) is 16.4. The lowest BCUT2D eigenvalue weighted by Gasteiger charge is -2.30. The molecule has 0 aliphatic carbocycles. The third-order valence-electron chi connectivity index (χ3n) is 5.78. The molecule has 1 amide bonds. The summed E-state index contributed by atoms with van der Waals surface area (Å²) in [7, 11) is -5.81.